The van der Waals surface area contributed by atoms with E-state index in [0.29, 0.717) is 11.1 Å². The number of carbonyl (C=O) groups excluding carboxylic acids is 1. The summed E-state index contributed by atoms with van der Waals surface area (Å²) in [5.74, 6) is -0.249. The highest BCUT2D eigenvalue weighted by Gasteiger charge is 2.23. The van der Waals surface area contributed by atoms with Crippen LogP contribution in [0.4, 0.5) is 0 Å². The van der Waals surface area contributed by atoms with Gasteiger partial charge in [0.2, 0.25) is 0 Å². The van der Waals surface area contributed by atoms with E-state index < -0.39 is 9.52 Å². The first-order valence-corrected chi connectivity index (χ1v) is 8.48. The second kappa shape index (κ2) is 9.33. The van der Waals surface area contributed by atoms with Gasteiger partial charge in [-0.25, -0.2) is 4.79 Å². The van der Waals surface area contributed by atoms with E-state index in [0.717, 1.165) is 19.3 Å². The summed E-state index contributed by atoms with van der Waals surface area (Å²) < 4.78 is 11.0. The minimum atomic E-state index is -0.514. The van der Waals surface area contributed by atoms with E-state index in [4.69, 9.17) is 9.47 Å². The summed E-state index contributed by atoms with van der Waals surface area (Å²) in [5, 5.41) is 0. The van der Waals surface area contributed by atoms with Gasteiger partial charge < -0.3 is 9.47 Å². The van der Waals surface area contributed by atoms with Crippen molar-refractivity contribution >= 4 is 15.5 Å². The Balaban J connectivity index is 4.49. The molecular formula is C14H28O3Si. The maximum Gasteiger partial charge on any atom is 0.333 e. The third-order valence-corrected chi connectivity index (χ3v) is 6.31. The van der Waals surface area contributed by atoms with Gasteiger partial charge in [-0.2, -0.15) is 0 Å². The van der Waals surface area contributed by atoms with Gasteiger partial charge in [0.25, 0.3) is 0 Å². The first kappa shape index (κ1) is 17.4. The average Bonchev–Trinajstić information content (AvgIpc) is 2.34. The lowest BCUT2D eigenvalue weighted by molar-refractivity contribution is -0.141. The zero-order valence-electron chi connectivity index (χ0n) is 12.5. The van der Waals surface area contributed by atoms with Gasteiger partial charge in [-0.15, -0.1) is 0 Å². The van der Waals surface area contributed by atoms with Crippen molar-refractivity contribution < 1.29 is 14.3 Å². The molecule has 0 aromatic rings. The summed E-state index contributed by atoms with van der Waals surface area (Å²) in [7, 11) is 1.23. The van der Waals surface area contributed by atoms with Crippen molar-refractivity contribution in [1.82, 2.24) is 0 Å². The Morgan fingerprint density at radius 2 is 2.00 bits per heavy atom. The molecule has 0 radical (unpaired) electrons. The molecule has 0 saturated heterocycles. The van der Waals surface area contributed by atoms with Crippen molar-refractivity contribution in [1.29, 1.82) is 0 Å². The summed E-state index contributed by atoms with van der Waals surface area (Å²) in [6.07, 6.45) is 3.34. The smallest absolute Gasteiger partial charge is 0.333 e. The molecule has 0 bridgehead atoms. The van der Waals surface area contributed by atoms with E-state index in [1.807, 2.05) is 0 Å². The number of carbonyl (C=O) groups is 1. The highest BCUT2D eigenvalue weighted by atomic mass is 28.2. The summed E-state index contributed by atoms with van der Waals surface area (Å²) in [6.45, 7) is 11.7. The van der Waals surface area contributed by atoms with Crippen molar-refractivity contribution in [3.8, 4) is 0 Å². The van der Waals surface area contributed by atoms with Crippen LogP contribution >= 0.6 is 0 Å². The number of ether oxygens (including phenoxy) is 2. The molecule has 0 fully saturated rings. The van der Waals surface area contributed by atoms with Crippen LogP contribution in [0.5, 0.6) is 0 Å². The van der Waals surface area contributed by atoms with Crippen LogP contribution in [0.1, 0.15) is 47.0 Å². The summed E-state index contributed by atoms with van der Waals surface area (Å²) >= 11 is 0. The minimum Gasteiger partial charge on any atom is -0.464 e. The maximum atomic E-state index is 11.6. The molecule has 0 amide bonds. The first-order chi connectivity index (χ1) is 8.46. The molecule has 4 heteroatoms. The van der Waals surface area contributed by atoms with Crippen molar-refractivity contribution in [2.75, 3.05) is 7.11 Å². The molecule has 3 unspecified atom stereocenters. The molecule has 0 saturated carbocycles. The summed E-state index contributed by atoms with van der Waals surface area (Å²) in [6, 6.07) is 0. The Morgan fingerprint density at radius 3 is 2.39 bits per heavy atom. The van der Waals surface area contributed by atoms with Gasteiger partial charge in [0, 0.05) is 12.7 Å². The van der Waals surface area contributed by atoms with Gasteiger partial charge in [0.15, 0.2) is 0 Å². The van der Waals surface area contributed by atoms with E-state index >= 15 is 0 Å². The monoisotopic (exact) mass is 272 g/mol. The van der Waals surface area contributed by atoms with Gasteiger partial charge in [-0.3, -0.25) is 0 Å². The van der Waals surface area contributed by atoms with Gasteiger partial charge >= 0.3 is 5.97 Å². The highest BCUT2D eigenvalue weighted by molar-refractivity contribution is 6.39. The zero-order valence-corrected chi connectivity index (χ0v) is 13.9. The lowest BCUT2D eigenvalue weighted by Gasteiger charge is -2.26. The molecule has 3 nitrogen and oxygen atoms in total. The van der Waals surface area contributed by atoms with E-state index in [9.17, 15) is 4.79 Å². The zero-order chi connectivity index (χ0) is 14.1. The predicted molar refractivity (Wildman–Crippen MR) is 78.7 cm³/mol. The number of hydrogen-bond donors (Lipinski definition) is 0. The Morgan fingerprint density at radius 1 is 1.39 bits per heavy atom. The first-order valence-electron chi connectivity index (χ1n) is 6.85. The second-order valence-corrected chi connectivity index (χ2v) is 7.37. The van der Waals surface area contributed by atoms with Gasteiger partial charge in [-0.1, -0.05) is 33.3 Å². The third-order valence-electron chi connectivity index (χ3n) is 3.36. The van der Waals surface area contributed by atoms with Crippen molar-refractivity contribution in [3.05, 3.63) is 12.2 Å². The molecule has 18 heavy (non-hydrogen) atoms. The molecule has 0 aliphatic heterocycles. The predicted octanol–water partition coefficient (Wildman–Crippen LogP) is 2.63. The van der Waals surface area contributed by atoms with Crippen LogP contribution in [0.2, 0.25) is 5.54 Å². The Bertz CT molecular complexity index is 266. The van der Waals surface area contributed by atoms with Crippen LogP contribution in [-0.2, 0) is 14.3 Å². The molecule has 106 valence electrons. The molecule has 0 aliphatic carbocycles. The van der Waals surface area contributed by atoms with Crippen molar-refractivity contribution in [3.63, 3.8) is 0 Å². The van der Waals surface area contributed by atoms with Gasteiger partial charge in [0.05, 0.1) is 21.4 Å². The lowest BCUT2D eigenvalue weighted by atomic mass is 10.2. The van der Waals surface area contributed by atoms with E-state index in [-0.39, 0.29) is 17.8 Å². The standard InChI is InChI=1S/C14H28O3Si/c1-7-9-13(17-14(15)10(3)4)18-12(8-2)11(5)16-6/h11-13H,3,7-9,18H2,1-2,4-6H3. The SMILES string of the molecule is C=C(C)C(=O)OC(CCC)[SiH2]C(CC)C(C)OC. The molecule has 0 N–H and O–H groups in total. The molecule has 0 spiro atoms. The van der Waals surface area contributed by atoms with Crippen molar-refractivity contribution in [2.45, 2.75) is 64.3 Å². The Kier molecular flexibility index (Phi) is 9.02. The summed E-state index contributed by atoms with van der Waals surface area (Å²) in [4.78, 5) is 11.6. The van der Waals surface area contributed by atoms with Crippen LogP contribution in [-0.4, -0.2) is 34.4 Å². The maximum absolute atomic E-state index is 11.6. The van der Waals surface area contributed by atoms with Gasteiger partial charge in [0.1, 0.15) is 0 Å². The minimum absolute atomic E-state index is 0.113. The summed E-state index contributed by atoms with van der Waals surface area (Å²) in [5.41, 5.74) is 1.16. The second-order valence-electron chi connectivity index (χ2n) is 4.94. The fourth-order valence-corrected chi connectivity index (χ4v) is 4.50. The van der Waals surface area contributed by atoms with E-state index in [2.05, 4.69) is 27.4 Å². The van der Waals surface area contributed by atoms with Crippen LogP contribution in [0, 0.1) is 0 Å². The molecule has 0 rings (SSSR count). The molecule has 0 aliphatic rings. The fraction of sp³-hybridized carbons (Fsp3) is 0.786. The molecule has 0 aromatic carbocycles. The molecular weight excluding hydrogens is 244 g/mol. The largest absolute Gasteiger partial charge is 0.464 e. The molecule has 0 heterocycles. The van der Waals surface area contributed by atoms with Crippen LogP contribution in [0.25, 0.3) is 0 Å². The van der Waals surface area contributed by atoms with E-state index in [1.165, 1.54) is 0 Å². The number of rotatable bonds is 9. The Labute approximate surface area is 114 Å². The number of hydrogen-bond acceptors (Lipinski definition) is 3. The topological polar surface area (TPSA) is 35.5 Å². The van der Waals surface area contributed by atoms with Crippen LogP contribution in [0.3, 0.4) is 0 Å². The molecule has 3 atom stereocenters. The third kappa shape index (κ3) is 6.35. The average molecular weight is 272 g/mol. The Hall–Kier alpha value is -0.613. The van der Waals surface area contributed by atoms with Crippen LogP contribution < -0.4 is 0 Å². The van der Waals surface area contributed by atoms with E-state index in [1.54, 1.807) is 14.0 Å². The number of methoxy groups -OCH3 is 1. The molecule has 0 aromatic heterocycles. The van der Waals surface area contributed by atoms with Crippen LogP contribution in [0.15, 0.2) is 12.2 Å². The fourth-order valence-electron chi connectivity index (χ4n) is 2.02. The van der Waals surface area contributed by atoms with Crippen molar-refractivity contribution in [2.24, 2.45) is 0 Å². The lowest BCUT2D eigenvalue weighted by Crippen LogP contribution is -2.32. The highest BCUT2D eigenvalue weighted by Crippen LogP contribution is 2.20. The normalized spacial score (nSPS) is 16.5. The quantitative estimate of drug-likeness (QED) is 0.368. The van der Waals surface area contributed by atoms with Gasteiger partial charge in [-0.05, 0) is 25.8 Å². The number of esters is 1.